The molecule has 1 aromatic rings. The minimum atomic E-state index is -3.70. The van der Waals surface area contributed by atoms with Gasteiger partial charge in [-0.05, 0) is 30.9 Å². The van der Waals surface area contributed by atoms with Crippen molar-refractivity contribution in [3.05, 3.63) is 22.2 Å². The third-order valence-corrected chi connectivity index (χ3v) is 6.26. The summed E-state index contributed by atoms with van der Waals surface area (Å²) in [6.45, 7) is 1.53. The van der Waals surface area contributed by atoms with E-state index in [1.807, 2.05) is 0 Å². The molecule has 2 N–H and O–H groups in total. The number of nitrogens with two attached hydrogens (primary N) is 1. The molecule has 118 valence electrons. The van der Waals surface area contributed by atoms with E-state index in [0.717, 1.165) is 12.8 Å². The molecule has 0 spiro atoms. The van der Waals surface area contributed by atoms with Crippen molar-refractivity contribution >= 4 is 38.9 Å². The summed E-state index contributed by atoms with van der Waals surface area (Å²) in [7, 11) is -2.05. The van der Waals surface area contributed by atoms with Gasteiger partial charge in [0, 0.05) is 31.8 Å². The van der Waals surface area contributed by atoms with Gasteiger partial charge in [0.2, 0.25) is 10.0 Å². The molecule has 0 unspecified atom stereocenters. The van der Waals surface area contributed by atoms with E-state index >= 15 is 0 Å². The van der Waals surface area contributed by atoms with E-state index < -0.39 is 10.0 Å². The van der Waals surface area contributed by atoms with Gasteiger partial charge in [-0.25, -0.2) is 8.42 Å². The Morgan fingerprint density at radius 3 is 2.48 bits per heavy atom. The Kier molecular flexibility index (Phi) is 5.38. The van der Waals surface area contributed by atoms with Crippen LogP contribution in [0.5, 0.6) is 0 Å². The number of ether oxygens (including phenoxy) is 1. The summed E-state index contributed by atoms with van der Waals surface area (Å²) in [4.78, 5) is -0.0567. The second-order valence-electron chi connectivity index (χ2n) is 5.11. The average molecular weight is 353 g/mol. The van der Waals surface area contributed by atoms with Gasteiger partial charge < -0.3 is 10.5 Å². The molecule has 0 amide bonds. The van der Waals surface area contributed by atoms with Crippen LogP contribution in [0.3, 0.4) is 0 Å². The van der Waals surface area contributed by atoms with E-state index in [1.54, 1.807) is 7.11 Å². The van der Waals surface area contributed by atoms with Crippen LogP contribution >= 0.6 is 23.2 Å². The predicted molar refractivity (Wildman–Crippen MR) is 84.2 cm³/mol. The van der Waals surface area contributed by atoms with Crippen molar-refractivity contribution in [2.24, 2.45) is 5.92 Å². The third-order valence-electron chi connectivity index (χ3n) is 3.61. The highest BCUT2D eigenvalue weighted by molar-refractivity contribution is 7.89. The number of hydrogen-bond donors (Lipinski definition) is 1. The van der Waals surface area contributed by atoms with Crippen LogP contribution in [0.25, 0.3) is 0 Å². The molecule has 0 radical (unpaired) electrons. The zero-order chi connectivity index (χ0) is 15.6. The second kappa shape index (κ2) is 6.71. The molecule has 1 aliphatic rings. The van der Waals surface area contributed by atoms with Crippen LogP contribution in [-0.2, 0) is 14.8 Å². The Morgan fingerprint density at radius 1 is 1.33 bits per heavy atom. The SMILES string of the molecule is COCC1CCN(S(=O)(=O)c2c(N)cc(Cl)cc2Cl)CC1. The molecule has 0 aromatic heterocycles. The van der Waals surface area contributed by atoms with Gasteiger partial charge in [-0.3, -0.25) is 0 Å². The first-order chi connectivity index (χ1) is 9.86. The lowest BCUT2D eigenvalue weighted by Gasteiger charge is -2.31. The molecule has 5 nitrogen and oxygen atoms in total. The van der Waals surface area contributed by atoms with Crippen LogP contribution < -0.4 is 5.73 Å². The van der Waals surface area contributed by atoms with E-state index in [4.69, 9.17) is 33.7 Å². The van der Waals surface area contributed by atoms with Crippen molar-refractivity contribution < 1.29 is 13.2 Å². The Labute approximate surface area is 135 Å². The number of halogens is 2. The molecule has 0 saturated carbocycles. The molecule has 0 bridgehead atoms. The van der Waals surface area contributed by atoms with Crippen molar-refractivity contribution in [2.75, 3.05) is 32.5 Å². The number of nitrogens with zero attached hydrogens (tertiary/aromatic N) is 1. The minimum Gasteiger partial charge on any atom is -0.398 e. The lowest BCUT2D eigenvalue weighted by Crippen LogP contribution is -2.39. The van der Waals surface area contributed by atoms with Gasteiger partial charge >= 0.3 is 0 Å². The maximum absolute atomic E-state index is 12.7. The average Bonchev–Trinajstić information content (AvgIpc) is 2.38. The van der Waals surface area contributed by atoms with Gasteiger partial charge in [0.15, 0.2) is 0 Å². The highest BCUT2D eigenvalue weighted by atomic mass is 35.5. The number of nitrogen functional groups attached to an aromatic ring is 1. The van der Waals surface area contributed by atoms with E-state index in [1.165, 1.54) is 16.4 Å². The predicted octanol–water partition coefficient (Wildman–Crippen LogP) is 2.62. The monoisotopic (exact) mass is 352 g/mol. The fraction of sp³-hybridized carbons (Fsp3) is 0.538. The fourth-order valence-electron chi connectivity index (χ4n) is 2.53. The van der Waals surface area contributed by atoms with Crippen molar-refractivity contribution in [1.29, 1.82) is 0 Å². The zero-order valence-electron chi connectivity index (χ0n) is 11.7. The summed E-state index contributed by atoms with van der Waals surface area (Å²) in [5.41, 5.74) is 5.87. The Morgan fingerprint density at radius 2 is 1.95 bits per heavy atom. The van der Waals surface area contributed by atoms with E-state index in [9.17, 15) is 8.42 Å². The largest absolute Gasteiger partial charge is 0.398 e. The molecule has 21 heavy (non-hydrogen) atoms. The third kappa shape index (κ3) is 3.63. The molecule has 1 fully saturated rings. The fourth-order valence-corrected chi connectivity index (χ4v) is 4.95. The van der Waals surface area contributed by atoms with Crippen molar-refractivity contribution in [3.63, 3.8) is 0 Å². The van der Waals surface area contributed by atoms with Gasteiger partial charge in [0.1, 0.15) is 4.90 Å². The topological polar surface area (TPSA) is 72.6 Å². The summed E-state index contributed by atoms with van der Waals surface area (Å²) in [6.07, 6.45) is 1.52. The van der Waals surface area contributed by atoms with Gasteiger partial charge in [-0.15, -0.1) is 0 Å². The number of hydrogen-bond acceptors (Lipinski definition) is 4. The maximum atomic E-state index is 12.7. The molecule has 1 aromatic carbocycles. The van der Waals surface area contributed by atoms with Gasteiger partial charge in [0.25, 0.3) is 0 Å². The van der Waals surface area contributed by atoms with Gasteiger partial charge in [-0.2, -0.15) is 4.31 Å². The van der Waals surface area contributed by atoms with Crippen LogP contribution in [0.2, 0.25) is 10.0 Å². The molecule has 1 saturated heterocycles. The number of anilines is 1. The summed E-state index contributed by atoms with van der Waals surface area (Å²) in [6, 6.07) is 2.79. The van der Waals surface area contributed by atoms with Crippen LogP contribution in [0.1, 0.15) is 12.8 Å². The zero-order valence-corrected chi connectivity index (χ0v) is 14.0. The molecule has 0 aliphatic carbocycles. The highest BCUT2D eigenvalue weighted by Gasteiger charge is 2.32. The Bertz CT molecular complexity index is 591. The number of piperidine rings is 1. The number of sulfonamides is 1. The maximum Gasteiger partial charge on any atom is 0.246 e. The second-order valence-corrected chi connectivity index (χ2v) is 7.83. The van der Waals surface area contributed by atoms with Gasteiger partial charge in [0.05, 0.1) is 10.7 Å². The van der Waals surface area contributed by atoms with Crippen molar-refractivity contribution in [3.8, 4) is 0 Å². The minimum absolute atomic E-state index is 0.0546. The van der Waals surface area contributed by atoms with Gasteiger partial charge in [-0.1, -0.05) is 23.2 Å². The smallest absolute Gasteiger partial charge is 0.246 e. The van der Waals surface area contributed by atoms with E-state index in [-0.39, 0.29) is 15.6 Å². The normalized spacial score (nSPS) is 18.0. The lowest BCUT2D eigenvalue weighted by atomic mass is 9.99. The van der Waals surface area contributed by atoms with Crippen molar-refractivity contribution in [2.45, 2.75) is 17.7 Å². The van der Waals surface area contributed by atoms with Crippen LogP contribution in [0, 0.1) is 5.92 Å². The summed E-state index contributed by atoms with van der Waals surface area (Å²) in [5.74, 6) is 0.388. The Balaban J connectivity index is 2.24. The molecule has 2 rings (SSSR count). The first kappa shape index (κ1) is 16.8. The summed E-state index contributed by atoms with van der Waals surface area (Å²) >= 11 is 11.9. The van der Waals surface area contributed by atoms with E-state index in [0.29, 0.717) is 30.6 Å². The molecule has 0 atom stereocenters. The summed E-state index contributed by atoms with van der Waals surface area (Å²) < 4.78 is 31.9. The molecular weight excluding hydrogens is 335 g/mol. The molecule has 8 heteroatoms. The van der Waals surface area contributed by atoms with E-state index in [2.05, 4.69) is 0 Å². The number of methoxy groups -OCH3 is 1. The van der Waals surface area contributed by atoms with Crippen LogP contribution in [0.15, 0.2) is 17.0 Å². The molecular formula is C13H18Cl2N2O3S. The first-order valence-electron chi connectivity index (χ1n) is 6.60. The number of rotatable bonds is 4. The lowest BCUT2D eigenvalue weighted by molar-refractivity contribution is 0.121. The first-order valence-corrected chi connectivity index (χ1v) is 8.79. The number of benzene rings is 1. The summed E-state index contributed by atoms with van der Waals surface area (Å²) in [5, 5.41) is 0.370. The van der Waals surface area contributed by atoms with Crippen molar-refractivity contribution in [1.82, 2.24) is 4.31 Å². The van der Waals surface area contributed by atoms with Crippen LogP contribution in [-0.4, -0.2) is 39.5 Å². The highest BCUT2D eigenvalue weighted by Crippen LogP contribution is 2.34. The Hall–Kier alpha value is -0.530. The standard InChI is InChI=1S/C13H18Cl2N2O3S/c1-20-8-9-2-4-17(5-3-9)21(18,19)13-11(15)6-10(14)7-12(13)16/h6-7,9H,2-5,8,16H2,1H3. The molecule has 1 aliphatic heterocycles. The molecule has 1 heterocycles. The quantitative estimate of drug-likeness (QED) is 0.845. The van der Waals surface area contributed by atoms with Crippen LogP contribution in [0.4, 0.5) is 5.69 Å².